The average Bonchev–Trinajstić information content (AvgIpc) is 3.33. The molecule has 1 aromatic heterocycles. The highest BCUT2D eigenvalue weighted by Gasteiger charge is 2.40. The molecule has 2 aromatic rings. The summed E-state index contributed by atoms with van der Waals surface area (Å²) in [7, 11) is 1.74. The van der Waals surface area contributed by atoms with Crippen LogP contribution in [0.25, 0.3) is 0 Å². The number of rotatable bonds is 5. The molecule has 8 heteroatoms. The zero-order valence-corrected chi connectivity index (χ0v) is 14.8. The minimum atomic E-state index is -0.0459. The normalized spacial score (nSPS) is 27.9. The van der Waals surface area contributed by atoms with Crippen LogP contribution in [0.2, 0.25) is 0 Å². The van der Waals surface area contributed by atoms with E-state index in [0.717, 1.165) is 31.5 Å². The van der Waals surface area contributed by atoms with E-state index in [-0.39, 0.29) is 18.1 Å². The quantitative estimate of drug-likeness (QED) is 0.809. The standard InChI is InChI=1S/C18H24N6O2/c1-26-17-7-15-9-19-8-14(15)6-16(17)21-18(25)13-4-2-12(3-5-13)10-24-11-20-22-23-24/h2-5,11,14-17,19H,6-10H2,1H3,(H,21,25)/t14-,15+,16-,17-/m0/s1. The maximum atomic E-state index is 12.7. The lowest BCUT2D eigenvalue weighted by Crippen LogP contribution is -2.50. The highest BCUT2D eigenvalue weighted by Crippen LogP contribution is 2.34. The molecule has 1 amide bonds. The lowest BCUT2D eigenvalue weighted by molar-refractivity contribution is 0.0125. The van der Waals surface area contributed by atoms with Gasteiger partial charge in [-0.2, -0.15) is 0 Å². The highest BCUT2D eigenvalue weighted by atomic mass is 16.5. The Labute approximate surface area is 152 Å². The first-order valence-corrected chi connectivity index (χ1v) is 9.07. The molecule has 4 rings (SSSR count). The fourth-order valence-electron chi connectivity index (χ4n) is 4.15. The second-order valence-electron chi connectivity index (χ2n) is 7.21. The van der Waals surface area contributed by atoms with Gasteiger partial charge in [-0.3, -0.25) is 4.79 Å². The summed E-state index contributed by atoms with van der Waals surface area (Å²) in [6.45, 7) is 2.69. The predicted octanol–water partition coefficient (Wildman–Crippen LogP) is 0.464. The molecule has 4 atom stereocenters. The van der Waals surface area contributed by atoms with E-state index in [2.05, 4.69) is 26.2 Å². The van der Waals surface area contributed by atoms with Gasteiger partial charge in [-0.05, 0) is 65.9 Å². The molecule has 1 aliphatic heterocycles. The first kappa shape index (κ1) is 17.1. The minimum Gasteiger partial charge on any atom is -0.379 e. The number of methoxy groups -OCH3 is 1. The van der Waals surface area contributed by atoms with Gasteiger partial charge in [0.25, 0.3) is 5.91 Å². The third kappa shape index (κ3) is 3.61. The summed E-state index contributed by atoms with van der Waals surface area (Å²) in [5.74, 6) is 1.25. The molecule has 1 aromatic carbocycles. The number of nitrogens with one attached hydrogen (secondary N) is 2. The summed E-state index contributed by atoms with van der Waals surface area (Å²) in [6.07, 6.45) is 3.63. The zero-order valence-electron chi connectivity index (χ0n) is 14.8. The molecule has 2 N–H and O–H groups in total. The van der Waals surface area contributed by atoms with Crippen molar-refractivity contribution in [1.29, 1.82) is 0 Å². The molecule has 26 heavy (non-hydrogen) atoms. The van der Waals surface area contributed by atoms with Crippen molar-refractivity contribution in [1.82, 2.24) is 30.8 Å². The molecule has 1 saturated heterocycles. The van der Waals surface area contributed by atoms with Gasteiger partial charge in [-0.15, -0.1) is 5.10 Å². The fourth-order valence-corrected chi connectivity index (χ4v) is 4.15. The van der Waals surface area contributed by atoms with Crippen LogP contribution in [0.15, 0.2) is 30.6 Å². The van der Waals surface area contributed by atoms with Gasteiger partial charge in [-0.1, -0.05) is 12.1 Å². The smallest absolute Gasteiger partial charge is 0.251 e. The van der Waals surface area contributed by atoms with Crippen molar-refractivity contribution >= 4 is 5.91 Å². The minimum absolute atomic E-state index is 0.0459. The number of tetrazole rings is 1. The van der Waals surface area contributed by atoms with Crippen molar-refractivity contribution in [3.8, 4) is 0 Å². The topological polar surface area (TPSA) is 94.0 Å². The Morgan fingerprint density at radius 1 is 1.27 bits per heavy atom. The second-order valence-corrected chi connectivity index (χ2v) is 7.21. The van der Waals surface area contributed by atoms with E-state index < -0.39 is 0 Å². The van der Waals surface area contributed by atoms with Gasteiger partial charge < -0.3 is 15.4 Å². The Morgan fingerprint density at radius 2 is 2.04 bits per heavy atom. The molecule has 1 saturated carbocycles. The number of hydrogen-bond donors (Lipinski definition) is 2. The van der Waals surface area contributed by atoms with Crippen LogP contribution in [0.1, 0.15) is 28.8 Å². The van der Waals surface area contributed by atoms with Crippen LogP contribution in [0.4, 0.5) is 0 Å². The number of hydrogen-bond acceptors (Lipinski definition) is 6. The van der Waals surface area contributed by atoms with Gasteiger partial charge in [0.05, 0.1) is 18.7 Å². The number of carbonyl (C=O) groups excluding carboxylic acids is 1. The van der Waals surface area contributed by atoms with Gasteiger partial charge in [0, 0.05) is 12.7 Å². The summed E-state index contributed by atoms with van der Waals surface area (Å²) in [5, 5.41) is 17.7. The molecule has 0 radical (unpaired) electrons. The number of ether oxygens (including phenoxy) is 1. The Hall–Kier alpha value is -2.32. The second kappa shape index (κ2) is 7.51. The summed E-state index contributed by atoms with van der Waals surface area (Å²) < 4.78 is 7.31. The van der Waals surface area contributed by atoms with E-state index in [9.17, 15) is 4.79 Å². The Balaban J connectivity index is 1.39. The maximum absolute atomic E-state index is 12.7. The monoisotopic (exact) mass is 356 g/mol. The Morgan fingerprint density at radius 3 is 2.73 bits per heavy atom. The van der Waals surface area contributed by atoms with E-state index in [1.165, 1.54) is 0 Å². The van der Waals surface area contributed by atoms with Crippen LogP contribution in [-0.2, 0) is 11.3 Å². The van der Waals surface area contributed by atoms with Crippen LogP contribution in [0.5, 0.6) is 0 Å². The summed E-state index contributed by atoms with van der Waals surface area (Å²) >= 11 is 0. The van der Waals surface area contributed by atoms with Crippen molar-refractivity contribution in [2.45, 2.75) is 31.5 Å². The molecule has 1 aliphatic carbocycles. The number of fused-ring (bicyclic) bond motifs is 1. The average molecular weight is 356 g/mol. The van der Waals surface area contributed by atoms with E-state index in [1.54, 1.807) is 18.1 Å². The molecule has 2 heterocycles. The van der Waals surface area contributed by atoms with Crippen molar-refractivity contribution < 1.29 is 9.53 Å². The molecule has 2 aliphatic rings. The third-order valence-electron chi connectivity index (χ3n) is 5.59. The number of carbonyl (C=O) groups is 1. The van der Waals surface area contributed by atoms with Crippen LogP contribution in [0, 0.1) is 11.8 Å². The fraction of sp³-hybridized carbons (Fsp3) is 0.556. The van der Waals surface area contributed by atoms with Gasteiger partial charge in [-0.25, -0.2) is 4.68 Å². The van der Waals surface area contributed by atoms with Crippen molar-refractivity contribution in [3.63, 3.8) is 0 Å². The molecule has 138 valence electrons. The lowest BCUT2D eigenvalue weighted by Gasteiger charge is -2.37. The van der Waals surface area contributed by atoms with Crippen LogP contribution in [0.3, 0.4) is 0 Å². The number of nitrogens with zero attached hydrogens (tertiary/aromatic N) is 4. The SMILES string of the molecule is CO[C@H]1C[C@@H]2CNC[C@@H]2C[C@@H]1NC(=O)c1ccc(Cn2cnnn2)cc1. The molecule has 0 spiro atoms. The van der Waals surface area contributed by atoms with E-state index >= 15 is 0 Å². The van der Waals surface area contributed by atoms with Gasteiger partial charge in [0.2, 0.25) is 0 Å². The Bertz CT molecular complexity index is 733. The first-order chi connectivity index (χ1) is 12.7. The maximum Gasteiger partial charge on any atom is 0.251 e. The zero-order chi connectivity index (χ0) is 17.9. The largest absolute Gasteiger partial charge is 0.379 e. The molecule has 0 bridgehead atoms. The number of amides is 1. The molecule has 2 fully saturated rings. The highest BCUT2D eigenvalue weighted by molar-refractivity contribution is 5.94. The van der Waals surface area contributed by atoms with Crippen LogP contribution >= 0.6 is 0 Å². The first-order valence-electron chi connectivity index (χ1n) is 9.07. The van der Waals surface area contributed by atoms with E-state index in [0.29, 0.717) is 23.9 Å². The number of aromatic nitrogens is 4. The third-order valence-corrected chi connectivity index (χ3v) is 5.59. The molecular weight excluding hydrogens is 332 g/mol. The van der Waals surface area contributed by atoms with Crippen LogP contribution in [-0.4, -0.2) is 58.5 Å². The van der Waals surface area contributed by atoms with Crippen molar-refractivity contribution in [2.75, 3.05) is 20.2 Å². The Kier molecular flexibility index (Phi) is 4.94. The molecular formula is C18H24N6O2. The molecule has 8 nitrogen and oxygen atoms in total. The predicted molar refractivity (Wildman–Crippen MR) is 94.5 cm³/mol. The van der Waals surface area contributed by atoms with Crippen molar-refractivity contribution in [2.24, 2.45) is 11.8 Å². The van der Waals surface area contributed by atoms with Gasteiger partial charge in [0.15, 0.2) is 0 Å². The lowest BCUT2D eigenvalue weighted by atomic mass is 9.77. The van der Waals surface area contributed by atoms with E-state index in [4.69, 9.17) is 4.74 Å². The summed E-state index contributed by atoms with van der Waals surface area (Å²) in [6, 6.07) is 7.62. The van der Waals surface area contributed by atoms with Crippen LogP contribution < -0.4 is 10.6 Å². The summed E-state index contributed by atoms with van der Waals surface area (Å²) in [5.41, 5.74) is 1.70. The summed E-state index contributed by atoms with van der Waals surface area (Å²) in [4.78, 5) is 12.7. The van der Waals surface area contributed by atoms with Crippen molar-refractivity contribution in [3.05, 3.63) is 41.7 Å². The van der Waals surface area contributed by atoms with Gasteiger partial charge in [0.1, 0.15) is 6.33 Å². The number of benzene rings is 1. The van der Waals surface area contributed by atoms with Gasteiger partial charge >= 0.3 is 0 Å². The van der Waals surface area contributed by atoms with E-state index in [1.807, 2.05) is 24.3 Å². The molecule has 0 unspecified atom stereocenters.